The smallest absolute Gasteiger partial charge is 0.226 e. The molecule has 17 heavy (non-hydrogen) atoms. The van der Waals surface area contributed by atoms with E-state index in [0.717, 1.165) is 25.6 Å². The highest BCUT2D eigenvalue weighted by Gasteiger charge is 2.37. The van der Waals surface area contributed by atoms with Crippen LogP contribution in [0.3, 0.4) is 0 Å². The summed E-state index contributed by atoms with van der Waals surface area (Å²) in [7, 11) is 0. The molecule has 0 bridgehead atoms. The van der Waals surface area contributed by atoms with E-state index < -0.39 is 0 Å². The highest BCUT2D eigenvalue weighted by Crippen LogP contribution is 2.32. The highest BCUT2D eigenvalue weighted by molar-refractivity contribution is 7.71. The lowest BCUT2D eigenvalue weighted by Crippen LogP contribution is -2.49. The third-order valence-corrected chi connectivity index (χ3v) is 4.11. The molecule has 0 amide bonds. The fraction of sp³-hybridized carbons (Fsp3) is 0.818. The molecule has 1 aromatic heterocycles. The van der Waals surface area contributed by atoms with Gasteiger partial charge in [-0.25, -0.2) is 5.10 Å². The molecule has 0 spiro atoms. The zero-order chi connectivity index (χ0) is 11.8. The zero-order valence-electron chi connectivity index (χ0n) is 10.1. The van der Waals surface area contributed by atoms with Gasteiger partial charge < -0.3 is 9.64 Å². The lowest BCUT2D eigenvalue weighted by atomic mass is 10.1. The van der Waals surface area contributed by atoms with Crippen molar-refractivity contribution in [3.05, 3.63) is 4.77 Å². The van der Waals surface area contributed by atoms with Crippen LogP contribution < -0.4 is 4.90 Å². The van der Waals surface area contributed by atoms with Crippen molar-refractivity contribution in [3.63, 3.8) is 0 Å². The van der Waals surface area contributed by atoms with E-state index in [-0.39, 0.29) is 0 Å². The number of hydrogen-bond acceptors (Lipinski definition) is 4. The maximum absolute atomic E-state index is 5.82. The van der Waals surface area contributed by atoms with Crippen molar-refractivity contribution in [1.29, 1.82) is 0 Å². The molecule has 1 saturated heterocycles. The molecule has 2 unspecified atom stereocenters. The summed E-state index contributed by atoms with van der Waals surface area (Å²) in [6.07, 6.45) is 4.02. The van der Waals surface area contributed by atoms with E-state index in [4.69, 9.17) is 17.0 Å². The lowest BCUT2D eigenvalue weighted by Gasteiger charge is -2.38. The Morgan fingerprint density at radius 3 is 3.24 bits per heavy atom. The van der Waals surface area contributed by atoms with Crippen molar-refractivity contribution in [3.8, 4) is 0 Å². The third kappa shape index (κ3) is 1.79. The molecule has 94 valence electrons. The van der Waals surface area contributed by atoms with Crippen LogP contribution in [-0.2, 0) is 11.3 Å². The van der Waals surface area contributed by atoms with Gasteiger partial charge in [0.05, 0.1) is 18.8 Å². The molecule has 5 nitrogen and oxygen atoms in total. The standard InChI is InChI=1S/C11H18N4OS/c1-2-14-10(12-13-11(14)17)15-6-7-16-9-5-3-4-8(9)15/h8-9H,2-7H2,1H3,(H,13,17). The van der Waals surface area contributed by atoms with E-state index in [0.29, 0.717) is 16.9 Å². The van der Waals surface area contributed by atoms with Gasteiger partial charge in [0.25, 0.3) is 0 Å². The number of fused-ring (bicyclic) bond motifs is 1. The Labute approximate surface area is 106 Å². The predicted molar refractivity (Wildman–Crippen MR) is 67.8 cm³/mol. The van der Waals surface area contributed by atoms with E-state index >= 15 is 0 Å². The van der Waals surface area contributed by atoms with Crippen LogP contribution in [0.4, 0.5) is 5.95 Å². The first-order chi connectivity index (χ1) is 8.31. The Kier molecular flexibility index (Phi) is 2.92. The molecule has 2 atom stereocenters. The van der Waals surface area contributed by atoms with Gasteiger partial charge in [0.2, 0.25) is 5.95 Å². The van der Waals surface area contributed by atoms with Crippen LogP contribution >= 0.6 is 12.2 Å². The molecule has 6 heteroatoms. The van der Waals surface area contributed by atoms with E-state index in [9.17, 15) is 0 Å². The number of aromatic nitrogens is 3. The van der Waals surface area contributed by atoms with Gasteiger partial charge in [-0.3, -0.25) is 4.57 Å². The van der Waals surface area contributed by atoms with Gasteiger partial charge in [-0.2, -0.15) is 0 Å². The van der Waals surface area contributed by atoms with Crippen LogP contribution in [0.15, 0.2) is 0 Å². The van der Waals surface area contributed by atoms with Crippen molar-refractivity contribution < 1.29 is 4.74 Å². The summed E-state index contributed by atoms with van der Waals surface area (Å²) in [5.74, 6) is 0.984. The Morgan fingerprint density at radius 2 is 2.41 bits per heavy atom. The molecule has 1 saturated carbocycles. The molecule has 1 aromatic rings. The first kappa shape index (κ1) is 11.2. The monoisotopic (exact) mass is 254 g/mol. The second kappa shape index (κ2) is 4.42. The maximum atomic E-state index is 5.82. The topological polar surface area (TPSA) is 46.1 Å². The van der Waals surface area contributed by atoms with E-state index in [1.165, 1.54) is 19.3 Å². The second-order valence-electron chi connectivity index (χ2n) is 4.67. The molecular weight excluding hydrogens is 236 g/mol. The molecule has 2 fully saturated rings. The normalized spacial score (nSPS) is 28.4. The summed E-state index contributed by atoms with van der Waals surface area (Å²) in [5, 5.41) is 7.29. The van der Waals surface area contributed by atoms with Crippen LogP contribution in [0.5, 0.6) is 0 Å². The van der Waals surface area contributed by atoms with E-state index in [1.807, 2.05) is 0 Å². The lowest BCUT2D eigenvalue weighted by molar-refractivity contribution is 0.0247. The van der Waals surface area contributed by atoms with Gasteiger partial charge in [0.1, 0.15) is 0 Å². The summed E-state index contributed by atoms with van der Waals surface area (Å²) in [6, 6.07) is 0.485. The van der Waals surface area contributed by atoms with E-state index in [2.05, 4.69) is 26.6 Å². The number of hydrogen-bond donors (Lipinski definition) is 1. The Bertz CT molecular complexity index is 455. The average molecular weight is 254 g/mol. The first-order valence-corrected chi connectivity index (χ1v) is 6.75. The quantitative estimate of drug-likeness (QED) is 0.816. The summed E-state index contributed by atoms with van der Waals surface area (Å²) < 4.78 is 8.60. The SMILES string of the molecule is CCn1c(N2CCOC3CCCC32)n[nH]c1=S. The molecule has 0 radical (unpaired) electrons. The fourth-order valence-electron chi connectivity index (χ4n) is 2.99. The van der Waals surface area contributed by atoms with Crippen LogP contribution in [0.2, 0.25) is 0 Å². The number of nitrogens with zero attached hydrogens (tertiary/aromatic N) is 3. The van der Waals surface area contributed by atoms with Gasteiger partial charge in [-0.05, 0) is 38.4 Å². The molecule has 2 aliphatic rings. The van der Waals surface area contributed by atoms with Gasteiger partial charge in [-0.15, -0.1) is 5.10 Å². The number of morpholine rings is 1. The molecule has 1 N–H and O–H groups in total. The van der Waals surface area contributed by atoms with Crippen LogP contribution in [0, 0.1) is 4.77 Å². The Hall–Kier alpha value is -0.880. The largest absolute Gasteiger partial charge is 0.374 e. The van der Waals surface area contributed by atoms with Crippen molar-refractivity contribution in [2.45, 2.75) is 44.9 Å². The molecule has 1 aliphatic carbocycles. The van der Waals surface area contributed by atoms with Crippen molar-refractivity contribution in [1.82, 2.24) is 14.8 Å². The van der Waals surface area contributed by atoms with Gasteiger partial charge in [0, 0.05) is 13.1 Å². The summed E-state index contributed by atoms with van der Waals surface area (Å²) in [6.45, 7) is 4.67. The number of aromatic amines is 1. The van der Waals surface area contributed by atoms with Gasteiger partial charge >= 0.3 is 0 Å². The molecular formula is C11H18N4OS. The predicted octanol–water partition coefficient (Wildman–Crippen LogP) is 1.72. The maximum Gasteiger partial charge on any atom is 0.226 e. The summed E-state index contributed by atoms with van der Waals surface area (Å²) in [5.41, 5.74) is 0. The molecule has 3 rings (SSSR count). The minimum Gasteiger partial charge on any atom is -0.374 e. The van der Waals surface area contributed by atoms with E-state index in [1.54, 1.807) is 0 Å². The average Bonchev–Trinajstić information content (AvgIpc) is 2.94. The van der Waals surface area contributed by atoms with Gasteiger partial charge in [-0.1, -0.05) is 0 Å². The molecule has 0 aromatic carbocycles. The number of H-pyrrole nitrogens is 1. The number of ether oxygens (including phenoxy) is 1. The second-order valence-corrected chi connectivity index (χ2v) is 5.06. The van der Waals surface area contributed by atoms with Crippen LogP contribution in [0.25, 0.3) is 0 Å². The number of nitrogens with one attached hydrogen (secondary N) is 1. The van der Waals surface area contributed by atoms with Crippen LogP contribution in [0.1, 0.15) is 26.2 Å². The minimum atomic E-state index is 0.388. The Morgan fingerprint density at radius 1 is 1.53 bits per heavy atom. The van der Waals surface area contributed by atoms with Crippen molar-refractivity contribution in [2.75, 3.05) is 18.1 Å². The summed E-state index contributed by atoms with van der Waals surface area (Å²) >= 11 is 5.25. The fourth-order valence-corrected chi connectivity index (χ4v) is 3.24. The first-order valence-electron chi connectivity index (χ1n) is 6.34. The summed E-state index contributed by atoms with van der Waals surface area (Å²) in [4.78, 5) is 2.37. The molecule has 2 heterocycles. The molecule has 1 aliphatic heterocycles. The zero-order valence-corrected chi connectivity index (χ0v) is 10.9. The Balaban J connectivity index is 1.94. The number of anilines is 1. The number of rotatable bonds is 2. The van der Waals surface area contributed by atoms with Gasteiger partial charge in [0.15, 0.2) is 4.77 Å². The van der Waals surface area contributed by atoms with Crippen molar-refractivity contribution >= 4 is 18.2 Å². The van der Waals surface area contributed by atoms with Crippen molar-refractivity contribution in [2.24, 2.45) is 0 Å². The minimum absolute atomic E-state index is 0.388. The van der Waals surface area contributed by atoms with Crippen LogP contribution in [-0.4, -0.2) is 40.1 Å². The highest BCUT2D eigenvalue weighted by atomic mass is 32.1. The third-order valence-electron chi connectivity index (χ3n) is 3.79.